The number of ether oxygens (including phenoxy) is 1. The minimum absolute atomic E-state index is 0.0614. The van der Waals surface area contributed by atoms with E-state index in [2.05, 4.69) is 48.1 Å². The highest BCUT2D eigenvalue weighted by atomic mass is 28.4. The Kier molecular flexibility index (Phi) is 6.02. The van der Waals surface area contributed by atoms with Gasteiger partial charge in [-0.15, -0.1) is 6.58 Å². The lowest BCUT2D eigenvalue weighted by Crippen LogP contribution is -2.61. The maximum Gasteiger partial charge on any atom is 0.349 e. The van der Waals surface area contributed by atoms with Crippen molar-refractivity contribution in [2.75, 3.05) is 19.8 Å². The van der Waals surface area contributed by atoms with Crippen LogP contribution in [0.15, 0.2) is 12.7 Å². The largest absolute Gasteiger partial charge is 0.394 e. The van der Waals surface area contributed by atoms with Gasteiger partial charge in [0.2, 0.25) is 0 Å². The van der Waals surface area contributed by atoms with Crippen LogP contribution in [0.5, 0.6) is 0 Å². The fourth-order valence-electron chi connectivity index (χ4n) is 3.16. The highest BCUT2D eigenvalue weighted by Crippen LogP contribution is 2.54. The van der Waals surface area contributed by atoms with Gasteiger partial charge in [0.25, 0.3) is 0 Å². The van der Waals surface area contributed by atoms with Gasteiger partial charge in [0, 0.05) is 23.3 Å². The normalized spacial score (nSPS) is 23.6. The van der Waals surface area contributed by atoms with Gasteiger partial charge in [-0.3, -0.25) is 0 Å². The SMILES string of the molecule is C=CCOCCC1CCO[Si](C(C)(C)C)(C(C)(C)C)O1. The molecule has 1 heterocycles. The molecule has 0 bridgehead atoms. The Morgan fingerprint density at radius 1 is 1.20 bits per heavy atom. The molecule has 1 aliphatic rings. The van der Waals surface area contributed by atoms with Crippen molar-refractivity contribution in [1.29, 1.82) is 0 Å². The molecule has 3 nitrogen and oxygen atoms in total. The van der Waals surface area contributed by atoms with Gasteiger partial charge in [-0.25, -0.2) is 0 Å². The summed E-state index contributed by atoms with van der Waals surface area (Å²) in [6, 6.07) is 0. The van der Waals surface area contributed by atoms with Crippen LogP contribution in [0.3, 0.4) is 0 Å². The molecule has 1 atom stereocenters. The summed E-state index contributed by atoms with van der Waals surface area (Å²) in [5, 5.41) is 0.123. The smallest absolute Gasteiger partial charge is 0.349 e. The first-order valence-corrected chi connectivity index (χ1v) is 9.46. The van der Waals surface area contributed by atoms with Crippen molar-refractivity contribution < 1.29 is 13.6 Å². The number of hydrogen-bond acceptors (Lipinski definition) is 3. The molecule has 118 valence electrons. The van der Waals surface area contributed by atoms with Crippen molar-refractivity contribution >= 4 is 8.56 Å². The van der Waals surface area contributed by atoms with Crippen LogP contribution in [0.25, 0.3) is 0 Å². The molecule has 1 fully saturated rings. The topological polar surface area (TPSA) is 27.7 Å². The average molecular weight is 301 g/mol. The highest BCUT2D eigenvalue weighted by molar-refractivity contribution is 6.73. The zero-order valence-corrected chi connectivity index (χ0v) is 15.1. The molecule has 0 saturated carbocycles. The second-order valence-corrected chi connectivity index (χ2v) is 12.4. The van der Waals surface area contributed by atoms with Crippen molar-refractivity contribution in [1.82, 2.24) is 0 Å². The van der Waals surface area contributed by atoms with E-state index in [1.54, 1.807) is 6.08 Å². The molecule has 0 radical (unpaired) electrons. The van der Waals surface area contributed by atoms with Gasteiger partial charge in [0.15, 0.2) is 0 Å². The lowest BCUT2D eigenvalue weighted by Gasteiger charge is -2.53. The van der Waals surface area contributed by atoms with E-state index in [1.165, 1.54) is 0 Å². The van der Waals surface area contributed by atoms with Crippen LogP contribution in [-0.2, 0) is 13.6 Å². The van der Waals surface area contributed by atoms with E-state index in [9.17, 15) is 0 Å². The summed E-state index contributed by atoms with van der Waals surface area (Å²) in [5.41, 5.74) is 0. The van der Waals surface area contributed by atoms with E-state index in [0.29, 0.717) is 6.61 Å². The van der Waals surface area contributed by atoms with Crippen molar-refractivity contribution in [2.24, 2.45) is 0 Å². The molecule has 1 unspecified atom stereocenters. The fourth-order valence-corrected chi connectivity index (χ4v) is 8.16. The van der Waals surface area contributed by atoms with Crippen LogP contribution in [0, 0.1) is 0 Å². The van der Waals surface area contributed by atoms with Gasteiger partial charge in [-0.05, 0) is 12.8 Å². The third kappa shape index (κ3) is 3.94. The van der Waals surface area contributed by atoms with E-state index in [4.69, 9.17) is 13.6 Å². The first-order chi connectivity index (χ1) is 9.14. The molecule has 1 aliphatic heterocycles. The standard InChI is InChI=1S/C16H32O3Si/c1-8-11-17-12-9-14-10-13-18-20(19-14,15(2,3)4)16(5,6)7/h8,14H,1,9-13H2,2-7H3. The monoisotopic (exact) mass is 300 g/mol. The number of rotatable bonds is 5. The summed E-state index contributed by atoms with van der Waals surface area (Å²) in [7, 11) is -2.29. The van der Waals surface area contributed by atoms with Gasteiger partial charge in [0.1, 0.15) is 0 Å². The van der Waals surface area contributed by atoms with Crippen LogP contribution < -0.4 is 0 Å². The molecule has 0 spiro atoms. The fraction of sp³-hybridized carbons (Fsp3) is 0.875. The van der Waals surface area contributed by atoms with E-state index in [0.717, 1.165) is 26.1 Å². The molecule has 0 aliphatic carbocycles. The summed E-state index contributed by atoms with van der Waals surface area (Å²) in [6.07, 6.45) is 3.96. The Bertz CT molecular complexity index is 301. The van der Waals surface area contributed by atoms with Crippen LogP contribution in [0.2, 0.25) is 10.1 Å². The van der Waals surface area contributed by atoms with Gasteiger partial charge in [0.05, 0.1) is 12.7 Å². The molecule has 1 rings (SSSR count). The molecule has 4 heteroatoms. The first kappa shape index (κ1) is 17.9. The zero-order chi connectivity index (χ0) is 15.4. The molecule has 0 N–H and O–H groups in total. The minimum atomic E-state index is -2.29. The van der Waals surface area contributed by atoms with E-state index < -0.39 is 8.56 Å². The van der Waals surface area contributed by atoms with Gasteiger partial charge in [-0.2, -0.15) is 0 Å². The zero-order valence-electron chi connectivity index (χ0n) is 14.1. The van der Waals surface area contributed by atoms with Gasteiger partial charge < -0.3 is 13.6 Å². The highest BCUT2D eigenvalue weighted by Gasteiger charge is 2.60. The summed E-state index contributed by atoms with van der Waals surface area (Å²) in [5.74, 6) is 0. The second kappa shape index (κ2) is 6.73. The van der Waals surface area contributed by atoms with Crippen LogP contribution >= 0.6 is 0 Å². The third-order valence-corrected chi connectivity index (χ3v) is 9.10. The average Bonchev–Trinajstić information content (AvgIpc) is 2.32. The van der Waals surface area contributed by atoms with E-state index in [1.807, 2.05) is 0 Å². The molecule has 0 amide bonds. The van der Waals surface area contributed by atoms with E-state index >= 15 is 0 Å². The molecule has 1 saturated heterocycles. The van der Waals surface area contributed by atoms with Crippen molar-refractivity contribution in [2.45, 2.75) is 70.6 Å². The quantitative estimate of drug-likeness (QED) is 0.427. The molecule has 20 heavy (non-hydrogen) atoms. The third-order valence-electron chi connectivity index (χ3n) is 3.87. The minimum Gasteiger partial charge on any atom is -0.394 e. The molecular formula is C16H32O3Si. The Hall–Kier alpha value is -0.163. The summed E-state index contributed by atoms with van der Waals surface area (Å²) >= 11 is 0. The predicted octanol–water partition coefficient (Wildman–Crippen LogP) is 4.43. The second-order valence-electron chi connectivity index (χ2n) is 7.65. The lowest BCUT2D eigenvalue weighted by molar-refractivity contribution is 0.00328. The Morgan fingerprint density at radius 2 is 1.80 bits per heavy atom. The van der Waals surface area contributed by atoms with Crippen molar-refractivity contribution in [3.8, 4) is 0 Å². The summed E-state index contributed by atoms with van der Waals surface area (Å²) in [6.45, 7) is 19.3. The Balaban J connectivity index is 2.75. The number of hydrogen-bond donors (Lipinski definition) is 0. The summed E-state index contributed by atoms with van der Waals surface area (Å²) in [4.78, 5) is 0. The van der Waals surface area contributed by atoms with Gasteiger partial charge >= 0.3 is 8.56 Å². The predicted molar refractivity (Wildman–Crippen MR) is 86.3 cm³/mol. The van der Waals surface area contributed by atoms with Crippen LogP contribution in [-0.4, -0.2) is 34.5 Å². The van der Waals surface area contributed by atoms with Crippen molar-refractivity contribution in [3.05, 3.63) is 12.7 Å². The van der Waals surface area contributed by atoms with Crippen LogP contribution in [0.1, 0.15) is 54.4 Å². The molecule has 0 aromatic carbocycles. The van der Waals surface area contributed by atoms with Crippen LogP contribution in [0.4, 0.5) is 0 Å². The Morgan fingerprint density at radius 3 is 2.30 bits per heavy atom. The van der Waals surface area contributed by atoms with Crippen molar-refractivity contribution in [3.63, 3.8) is 0 Å². The molecular weight excluding hydrogens is 268 g/mol. The Labute approximate surface area is 125 Å². The maximum absolute atomic E-state index is 6.59. The molecule has 0 aromatic heterocycles. The first-order valence-electron chi connectivity index (χ1n) is 7.64. The lowest BCUT2D eigenvalue weighted by atomic mass is 10.2. The van der Waals surface area contributed by atoms with E-state index in [-0.39, 0.29) is 16.2 Å². The molecule has 0 aromatic rings. The maximum atomic E-state index is 6.59. The van der Waals surface area contributed by atoms with Gasteiger partial charge in [-0.1, -0.05) is 47.6 Å². The summed E-state index contributed by atoms with van der Waals surface area (Å²) < 4.78 is 18.4.